The van der Waals surface area contributed by atoms with Gasteiger partial charge in [0.1, 0.15) is 5.69 Å². The summed E-state index contributed by atoms with van der Waals surface area (Å²) in [5, 5.41) is 0. The Labute approximate surface area is 163 Å². The van der Waals surface area contributed by atoms with E-state index < -0.39 is 12.6 Å². The zero-order valence-electron chi connectivity index (χ0n) is 16.4. The molecule has 1 heterocycles. The highest BCUT2D eigenvalue weighted by atomic mass is 16.5. The van der Waals surface area contributed by atoms with E-state index in [2.05, 4.69) is 4.98 Å². The number of aromatic amines is 1. The van der Waals surface area contributed by atoms with Crippen molar-refractivity contribution < 1.29 is 28.6 Å². The standard InChI is InChI=1S/C20H24N2O6/c1-5-22(11-14-6-7-17(26-3)18(8-14)27-4)19(24)12-28-20(25)16-9-15(10-21-16)13(2)23/h6-10,21H,5,11-12H2,1-4H3. The predicted molar refractivity (Wildman–Crippen MR) is 102 cm³/mol. The van der Waals surface area contributed by atoms with Crippen molar-refractivity contribution in [3.05, 3.63) is 47.3 Å². The zero-order chi connectivity index (χ0) is 20.7. The van der Waals surface area contributed by atoms with Crippen LogP contribution in [0, 0.1) is 0 Å². The molecule has 0 atom stereocenters. The summed E-state index contributed by atoms with van der Waals surface area (Å²) in [6.45, 7) is 3.63. The molecule has 150 valence electrons. The van der Waals surface area contributed by atoms with E-state index >= 15 is 0 Å². The van der Waals surface area contributed by atoms with Crippen LogP contribution in [0.5, 0.6) is 11.5 Å². The Morgan fingerprint density at radius 3 is 2.36 bits per heavy atom. The molecular weight excluding hydrogens is 364 g/mol. The number of likely N-dealkylation sites (N-methyl/N-ethyl adjacent to an activating group) is 1. The lowest BCUT2D eigenvalue weighted by atomic mass is 10.2. The Balaban J connectivity index is 1.97. The van der Waals surface area contributed by atoms with Gasteiger partial charge >= 0.3 is 5.97 Å². The maximum absolute atomic E-state index is 12.4. The van der Waals surface area contributed by atoms with E-state index in [4.69, 9.17) is 14.2 Å². The number of esters is 1. The van der Waals surface area contributed by atoms with Crippen molar-refractivity contribution in [1.29, 1.82) is 0 Å². The maximum atomic E-state index is 12.4. The molecule has 0 aliphatic rings. The third-order valence-corrected chi connectivity index (χ3v) is 4.19. The Bertz CT molecular complexity index is 858. The SMILES string of the molecule is CCN(Cc1ccc(OC)c(OC)c1)C(=O)COC(=O)c1cc(C(C)=O)c[nH]1. The largest absolute Gasteiger partial charge is 0.493 e. The van der Waals surface area contributed by atoms with Crippen LogP contribution in [-0.2, 0) is 16.1 Å². The number of H-pyrrole nitrogens is 1. The molecule has 2 rings (SSSR count). The fourth-order valence-corrected chi connectivity index (χ4v) is 2.59. The van der Waals surface area contributed by atoms with E-state index in [0.29, 0.717) is 30.2 Å². The van der Waals surface area contributed by atoms with Crippen LogP contribution in [0.1, 0.15) is 40.3 Å². The molecule has 1 aromatic carbocycles. The van der Waals surface area contributed by atoms with Crippen molar-refractivity contribution in [2.45, 2.75) is 20.4 Å². The van der Waals surface area contributed by atoms with E-state index in [1.165, 1.54) is 19.2 Å². The lowest BCUT2D eigenvalue weighted by molar-refractivity contribution is -0.135. The monoisotopic (exact) mass is 388 g/mol. The van der Waals surface area contributed by atoms with E-state index in [9.17, 15) is 14.4 Å². The molecule has 28 heavy (non-hydrogen) atoms. The summed E-state index contributed by atoms with van der Waals surface area (Å²) in [6, 6.07) is 6.80. The molecular formula is C20H24N2O6. The molecule has 1 amide bonds. The number of rotatable bonds is 9. The van der Waals surface area contributed by atoms with Crippen molar-refractivity contribution in [2.75, 3.05) is 27.4 Å². The second kappa shape index (κ2) is 9.59. The first-order valence-electron chi connectivity index (χ1n) is 8.74. The zero-order valence-corrected chi connectivity index (χ0v) is 16.4. The van der Waals surface area contributed by atoms with Gasteiger partial charge in [-0.15, -0.1) is 0 Å². The van der Waals surface area contributed by atoms with Crippen molar-refractivity contribution >= 4 is 17.7 Å². The number of hydrogen-bond acceptors (Lipinski definition) is 6. The molecule has 0 unspecified atom stereocenters. The van der Waals surface area contributed by atoms with Crippen LogP contribution in [0.4, 0.5) is 0 Å². The molecule has 0 fully saturated rings. The number of ketones is 1. The number of benzene rings is 1. The molecule has 0 radical (unpaired) electrons. The molecule has 0 saturated heterocycles. The first-order chi connectivity index (χ1) is 13.4. The van der Waals surface area contributed by atoms with Gasteiger partial charge < -0.3 is 24.1 Å². The summed E-state index contributed by atoms with van der Waals surface area (Å²) in [5.74, 6) is -0.0150. The van der Waals surface area contributed by atoms with Crippen LogP contribution >= 0.6 is 0 Å². The van der Waals surface area contributed by atoms with Crippen LogP contribution in [0.3, 0.4) is 0 Å². The Morgan fingerprint density at radius 2 is 1.79 bits per heavy atom. The lowest BCUT2D eigenvalue weighted by Gasteiger charge is -2.21. The fourth-order valence-electron chi connectivity index (χ4n) is 2.59. The number of nitrogens with one attached hydrogen (secondary N) is 1. The molecule has 0 saturated carbocycles. The number of methoxy groups -OCH3 is 2. The molecule has 0 aliphatic heterocycles. The summed E-state index contributed by atoms with van der Waals surface area (Å²) in [5.41, 5.74) is 1.36. The first kappa shape index (κ1) is 21.0. The molecule has 0 bridgehead atoms. The van der Waals surface area contributed by atoms with Crippen LogP contribution in [0.25, 0.3) is 0 Å². The number of nitrogens with zero attached hydrogens (tertiary/aromatic N) is 1. The number of hydrogen-bond donors (Lipinski definition) is 1. The van der Waals surface area contributed by atoms with Crippen molar-refractivity contribution in [1.82, 2.24) is 9.88 Å². The number of aromatic nitrogens is 1. The third kappa shape index (κ3) is 5.12. The predicted octanol–water partition coefficient (Wildman–Crippen LogP) is 2.44. The van der Waals surface area contributed by atoms with Crippen molar-refractivity contribution in [2.24, 2.45) is 0 Å². The molecule has 2 aromatic rings. The van der Waals surface area contributed by atoms with Gasteiger partial charge in [-0.3, -0.25) is 9.59 Å². The number of amides is 1. The van der Waals surface area contributed by atoms with Crippen molar-refractivity contribution in [3.63, 3.8) is 0 Å². The minimum atomic E-state index is -0.692. The average molecular weight is 388 g/mol. The highest BCUT2D eigenvalue weighted by Crippen LogP contribution is 2.28. The summed E-state index contributed by atoms with van der Waals surface area (Å²) < 4.78 is 15.5. The number of carbonyl (C=O) groups is 3. The third-order valence-electron chi connectivity index (χ3n) is 4.19. The van der Waals surface area contributed by atoms with E-state index in [0.717, 1.165) is 5.56 Å². The summed E-state index contributed by atoms with van der Waals surface area (Å²) >= 11 is 0. The fraction of sp³-hybridized carbons (Fsp3) is 0.350. The van der Waals surface area contributed by atoms with Gasteiger partial charge in [-0.25, -0.2) is 4.79 Å². The highest BCUT2D eigenvalue weighted by Gasteiger charge is 2.18. The molecule has 0 aliphatic carbocycles. The van der Waals surface area contributed by atoms with Gasteiger partial charge in [0, 0.05) is 24.8 Å². The van der Waals surface area contributed by atoms with Crippen LogP contribution in [-0.4, -0.2) is 54.9 Å². The summed E-state index contributed by atoms with van der Waals surface area (Å²) in [4.78, 5) is 40.0. The molecule has 0 spiro atoms. The second-order valence-electron chi connectivity index (χ2n) is 6.03. The van der Waals surface area contributed by atoms with Gasteiger partial charge in [0.15, 0.2) is 23.9 Å². The van der Waals surface area contributed by atoms with Crippen LogP contribution in [0.2, 0.25) is 0 Å². The van der Waals surface area contributed by atoms with E-state index in [1.807, 2.05) is 13.0 Å². The molecule has 8 heteroatoms. The van der Waals surface area contributed by atoms with Gasteiger partial charge in [-0.05, 0) is 37.6 Å². The Kier molecular flexibility index (Phi) is 7.20. The summed E-state index contributed by atoms with van der Waals surface area (Å²) in [6.07, 6.45) is 1.43. The maximum Gasteiger partial charge on any atom is 0.355 e. The Hall–Kier alpha value is -3.29. The minimum Gasteiger partial charge on any atom is -0.493 e. The Morgan fingerprint density at radius 1 is 1.07 bits per heavy atom. The van der Waals surface area contributed by atoms with Crippen LogP contribution in [0.15, 0.2) is 30.5 Å². The van der Waals surface area contributed by atoms with Gasteiger partial charge in [-0.2, -0.15) is 0 Å². The average Bonchev–Trinajstić information content (AvgIpc) is 3.20. The van der Waals surface area contributed by atoms with Crippen molar-refractivity contribution in [3.8, 4) is 11.5 Å². The number of ether oxygens (including phenoxy) is 3. The quantitative estimate of drug-likeness (QED) is 0.523. The van der Waals surface area contributed by atoms with Gasteiger partial charge in [0.2, 0.25) is 0 Å². The smallest absolute Gasteiger partial charge is 0.355 e. The second-order valence-corrected chi connectivity index (χ2v) is 6.03. The molecule has 1 aromatic heterocycles. The topological polar surface area (TPSA) is 97.9 Å². The van der Waals surface area contributed by atoms with E-state index in [-0.39, 0.29) is 17.4 Å². The minimum absolute atomic E-state index is 0.126. The summed E-state index contributed by atoms with van der Waals surface area (Å²) in [7, 11) is 3.10. The first-order valence-corrected chi connectivity index (χ1v) is 8.74. The number of Topliss-reactive ketones (excluding diaryl/α,β-unsaturated/α-hetero) is 1. The number of carbonyl (C=O) groups excluding carboxylic acids is 3. The van der Waals surface area contributed by atoms with Gasteiger partial charge in [-0.1, -0.05) is 6.07 Å². The van der Waals surface area contributed by atoms with Gasteiger partial charge in [0.05, 0.1) is 14.2 Å². The van der Waals surface area contributed by atoms with E-state index in [1.54, 1.807) is 31.3 Å². The highest BCUT2D eigenvalue weighted by molar-refractivity contribution is 5.97. The lowest BCUT2D eigenvalue weighted by Crippen LogP contribution is -2.34. The van der Waals surface area contributed by atoms with Crippen LogP contribution < -0.4 is 9.47 Å². The molecule has 1 N–H and O–H groups in total. The van der Waals surface area contributed by atoms with Gasteiger partial charge in [0.25, 0.3) is 5.91 Å². The molecule has 8 nitrogen and oxygen atoms in total. The normalized spacial score (nSPS) is 10.3.